The van der Waals surface area contributed by atoms with Crippen molar-refractivity contribution in [3.63, 3.8) is 0 Å². The lowest BCUT2D eigenvalue weighted by atomic mass is 9.83. The van der Waals surface area contributed by atoms with Gasteiger partial charge in [0.05, 0.1) is 6.10 Å². The van der Waals surface area contributed by atoms with E-state index >= 15 is 0 Å². The zero-order chi connectivity index (χ0) is 14.0. The molecule has 20 heavy (non-hydrogen) atoms. The van der Waals surface area contributed by atoms with Crippen molar-refractivity contribution in [2.24, 2.45) is 0 Å². The Balaban J connectivity index is 1.58. The van der Waals surface area contributed by atoms with Crippen LogP contribution in [0.25, 0.3) is 0 Å². The number of hydrogen-bond donors (Lipinski definition) is 1. The van der Waals surface area contributed by atoms with Crippen molar-refractivity contribution in [2.45, 2.75) is 63.4 Å². The van der Waals surface area contributed by atoms with E-state index in [2.05, 4.69) is 18.2 Å². The molecule has 0 bridgehead atoms. The Labute approximate surface area is 123 Å². The van der Waals surface area contributed by atoms with Crippen molar-refractivity contribution < 1.29 is 9.84 Å². The van der Waals surface area contributed by atoms with Crippen LogP contribution in [0.2, 0.25) is 0 Å². The Hall–Kier alpha value is -0.860. The zero-order valence-electron chi connectivity index (χ0n) is 12.4. The minimum Gasteiger partial charge on any atom is -0.396 e. The first-order valence-corrected chi connectivity index (χ1v) is 8.08. The first-order chi connectivity index (χ1) is 9.90. The fraction of sp³-hybridized carbons (Fsp3) is 0.667. The standard InChI is InChI=1S/C18H27O2/c19-14-6-1-2-7-15-20-18-12-10-17(11-13-18)16-8-4-3-5-9-16/h4-5,8-9,17-19H,1-2,6-7,10-15H2/t17-,18-. The summed E-state index contributed by atoms with van der Waals surface area (Å²) in [7, 11) is 0. The molecule has 1 radical (unpaired) electrons. The van der Waals surface area contributed by atoms with Gasteiger partial charge in [0.2, 0.25) is 0 Å². The lowest BCUT2D eigenvalue weighted by Gasteiger charge is -2.28. The van der Waals surface area contributed by atoms with Crippen LogP contribution in [0.3, 0.4) is 0 Å². The lowest BCUT2D eigenvalue weighted by Crippen LogP contribution is -2.21. The summed E-state index contributed by atoms with van der Waals surface area (Å²) >= 11 is 0. The van der Waals surface area contributed by atoms with Crippen molar-refractivity contribution in [3.05, 3.63) is 35.9 Å². The van der Waals surface area contributed by atoms with Crippen LogP contribution in [0.15, 0.2) is 24.3 Å². The van der Waals surface area contributed by atoms with Gasteiger partial charge in [0.25, 0.3) is 0 Å². The third-order valence-corrected chi connectivity index (χ3v) is 4.30. The molecule has 1 saturated carbocycles. The molecule has 0 aromatic heterocycles. The monoisotopic (exact) mass is 275 g/mol. The Kier molecular flexibility index (Phi) is 7.10. The molecule has 1 aromatic rings. The number of ether oxygens (including phenoxy) is 1. The predicted octanol–water partition coefficient (Wildman–Crippen LogP) is 4.08. The third kappa shape index (κ3) is 5.26. The molecule has 111 valence electrons. The zero-order valence-corrected chi connectivity index (χ0v) is 12.4. The number of rotatable bonds is 8. The highest BCUT2D eigenvalue weighted by atomic mass is 16.5. The maximum atomic E-state index is 8.71. The predicted molar refractivity (Wildman–Crippen MR) is 81.8 cm³/mol. The summed E-state index contributed by atoms with van der Waals surface area (Å²) in [6, 6.07) is 11.5. The Bertz CT molecular complexity index is 342. The summed E-state index contributed by atoms with van der Waals surface area (Å²) in [6.07, 6.45) is 9.72. The fourth-order valence-electron chi connectivity index (χ4n) is 3.05. The minimum atomic E-state index is 0.322. The number of benzene rings is 1. The highest BCUT2D eigenvalue weighted by Crippen LogP contribution is 2.33. The Morgan fingerprint density at radius 1 is 1.00 bits per heavy atom. The summed E-state index contributed by atoms with van der Waals surface area (Å²) in [5.41, 5.74) is 1.46. The van der Waals surface area contributed by atoms with Crippen LogP contribution >= 0.6 is 0 Å². The average Bonchev–Trinajstić information content (AvgIpc) is 2.52. The molecule has 0 aliphatic heterocycles. The fourth-order valence-corrected chi connectivity index (χ4v) is 3.05. The van der Waals surface area contributed by atoms with E-state index < -0.39 is 0 Å². The third-order valence-electron chi connectivity index (χ3n) is 4.30. The van der Waals surface area contributed by atoms with Crippen molar-refractivity contribution >= 4 is 0 Å². The topological polar surface area (TPSA) is 29.5 Å². The second-order valence-electron chi connectivity index (χ2n) is 5.82. The smallest absolute Gasteiger partial charge is 0.0575 e. The number of unbranched alkanes of at least 4 members (excludes halogenated alkanes) is 3. The summed E-state index contributed by atoms with van der Waals surface area (Å²) in [5.74, 6) is 0.717. The van der Waals surface area contributed by atoms with Gasteiger partial charge in [-0.15, -0.1) is 0 Å². The second-order valence-corrected chi connectivity index (χ2v) is 5.82. The van der Waals surface area contributed by atoms with Crippen LogP contribution in [0.5, 0.6) is 0 Å². The van der Waals surface area contributed by atoms with E-state index in [4.69, 9.17) is 9.84 Å². The largest absolute Gasteiger partial charge is 0.396 e. The Morgan fingerprint density at radius 2 is 1.70 bits per heavy atom. The average molecular weight is 275 g/mol. The second kappa shape index (κ2) is 9.15. The van der Waals surface area contributed by atoms with Crippen LogP contribution < -0.4 is 0 Å². The SMILES string of the molecule is OCCCCCCO[C@H]1CC[C@H](c2cc[c]cc2)CC1. The van der Waals surface area contributed by atoms with Gasteiger partial charge in [0, 0.05) is 13.2 Å². The molecule has 1 N–H and O–H groups in total. The molecule has 1 fully saturated rings. The van der Waals surface area contributed by atoms with E-state index in [1.165, 1.54) is 37.7 Å². The quantitative estimate of drug-likeness (QED) is 0.724. The highest BCUT2D eigenvalue weighted by Gasteiger charge is 2.22. The molecule has 1 aromatic carbocycles. The first kappa shape index (κ1) is 15.5. The molecule has 0 saturated heterocycles. The van der Waals surface area contributed by atoms with Crippen molar-refractivity contribution in [3.8, 4) is 0 Å². The molecule has 2 rings (SSSR count). The van der Waals surface area contributed by atoms with Crippen LogP contribution in [-0.4, -0.2) is 24.4 Å². The lowest BCUT2D eigenvalue weighted by molar-refractivity contribution is 0.0225. The Morgan fingerprint density at radius 3 is 2.40 bits per heavy atom. The molecule has 0 spiro atoms. The van der Waals surface area contributed by atoms with Crippen LogP contribution in [-0.2, 0) is 4.74 Å². The van der Waals surface area contributed by atoms with E-state index in [1.807, 2.05) is 12.1 Å². The molecule has 0 amide bonds. The molecule has 2 nitrogen and oxygen atoms in total. The normalized spacial score (nSPS) is 22.9. The van der Waals surface area contributed by atoms with Crippen LogP contribution in [0.4, 0.5) is 0 Å². The summed E-state index contributed by atoms with van der Waals surface area (Å²) in [5, 5.41) is 8.71. The van der Waals surface area contributed by atoms with Gasteiger partial charge in [-0.3, -0.25) is 0 Å². The van der Waals surface area contributed by atoms with Gasteiger partial charge in [-0.2, -0.15) is 0 Å². The molecule has 2 heteroatoms. The van der Waals surface area contributed by atoms with Gasteiger partial charge in [-0.05, 0) is 56.1 Å². The van der Waals surface area contributed by atoms with Gasteiger partial charge >= 0.3 is 0 Å². The van der Waals surface area contributed by atoms with E-state index in [0.717, 1.165) is 25.9 Å². The van der Waals surface area contributed by atoms with Crippen LogP contribution in [0, 0.1) is 6.07 Å². The number of aliphatic hydroxyl groups is 1. The first-order valence-electron chi connectivity index (χ1n) is 8.08. The number of aliphatic hydroxyl groups excluding tert-OH is 1. The highest BCUT2D eigenvalue weighted by molar-refractivity contribution is 5.19. The van der Waals surface area contributed by atoms with E-state index in [0.29, 0.717) is 18.6 Å². The molecule has 1 aliphatic carbocycles. The molecule has 1 aliphatic rings. The molecule has 0 atom stereocenters. The van der Waals surface area contributed by atoms with E-state index in [9.17, 15) is 0 Å². The van der Waals surface area contributed by atoms with Gasteiger partial charge in [0.1, 0.15) is 0 Å². The molecule has 0 unspecified atom stereocenters. The van der Waals surface area contributed by atoms with Crippen molar-refractivity contribution in [1.29, 1.82) is 0 Å². The van der Waals surface area contributed by atoms with Gasteiger partial charge in [0.15, 0.2) is 0 Å². The van der Waals surface area contributed by atoms with E-state index in [-0.39, 0.29) is 0 Å². The van der Waals surface area contributed by atoms with Gasteiger partial charge in [-0.25, -0.2) is 0 Å². The maximum Gasteiger partial charge on any atom is 0.0575 e. The van der Waals surface area contributed by atoms with Crippen molar-refractivity contribution in [2.75, 3.05) is 13.2 Å². The van der Waals surface area contributed by atoms with Crippen molar-refractivity contribution in [1.82, 2.24) is 0 Å². The van der Waals surface area contributed by atoms with Crippen LogP contribution in [0.1, 0.15) is 62.8 Å². The molecule has 0 heterocycles. The molecular formula is C18H27O2. The summed E-state index contributed by atoms with van der Waals surface area (Å²) in [6.45, 7) is 1.21. The minimum absolute atomic E-state index is 0.322. The number of hydrogen-bond acceptors (Lipinski definition) is 2. The summed E-state index contributed by atoms with van der Waals surface area (Å²) < 4.78 is 5.98. The summed E-state index contributed by atoms with van der Waals surface area (Å²) in [4.78, 5) is 0. The van der Waals surface area contributed by atoms with Gasteiger partial charge in [-0.1, -0.05) is 37.1 Å². The maximum absolute atomic E-state index is 8.71. The molecular weight excluding hydrogens is 248 g/mol. The van der Waals surface area contributed by atoms with Gasteiger partial charge < -0.3 is 9.84 Å². The van der Waals surface area contributed by atoms with E-state index in [1.54, 1.807) is 0 Å².